The number of methoxy groups -OCH3 is 2. The van der Waals surface area contributed by atoms with Gasteiger partial charge in [-0.15, -0.1) is 0 Å². The Bertz CT molecular complexity index is 1290. The molecule has 0 spiro atoms. The number of amides is 1. The number of halogens is 1. The third kappa shape index (κ3) is 5.12. The molecular weight excluding hydrogens is 484 g/mol. The third-order valence-corrected chi connectivity index (χ3v) is 5.43. The Hall–Kier alpha value is -3.91. The number of carbonyl (C=O) groups excluding carboxylic acids is 1. The number of ether oxygens (including phenoxy) is 2. The van der Waals surface area contributed by atoms with Gasteiger partial charge in [0.25, 0.3) is 5.91 Å². The number of hydrogen-bond donors (Lipinski definition) is 1. The summed E-state index contributed by atoms with van der Waals surface area (Å²) in [4.78, 5) is 12.4. The van der Waals surface area contributed by atoms with Gasteiger partial charge in [0.2, 0.25) is 0 Å². The first-order valence-corrected chi connectivity index (χ1v) is 10.8. The van der Waals surface area contributed by atoms with Gasteiger partial charge in [-0.2, -0.15) is 10.2 Å². The summed E-state index contributed by atoms with van der Waals surface area (Å²) in [5, 5.41) is 8.92. The van der Waals surface area contributed by atoms with E-state index in [-0.39, 0.29) is 5.91 Å². The fourth-order valence-electron chi connectivity index (χ4n) is 3.23. The lowest BCUT2D eigenvalue weighted by atomic mass is 10.1. The molecule has 1 aromatic heterocycles. The number of nitrogens with zero attached hydrogens (tertiary/aromatic N) is 3. The van der Waals surface area contributed by atoms with E-state index in [1.54, 1.807) is 49.4 Å². The highest BCUT2D eigenvalue weighted by Crippen LogP contribution is 2.33. The highest BCUT2D eigenvalue weighted by Gasteiger charge is 2.14. The number of benzene rings is 3. The fraction of sp³-hybridized carbons (Fsp3) is 0.0800. The highest BCUT2D eigenvalue weighted by molar-refractivity contribution is 9.10. The zero-order chi connectivity index (χ0) is 23.2. The lowest BCUT2D eigenvalue weighted by Crippen LogP contribution is -2.17. The molecule has 7 nitrogen and oxygen atoms in total. The van der Waals surface area contributed by atoms with E-state index in [1.165, 1.54) is 0 Å². The minimum absolute atomic E-state index is 0.304. The lowest BCUT2D eigenvalue weighted by Gasteiger charge is -2.09. The van der Waals surface area contributed by atoms with Crippen LogP contribution in [0.15, 0.2) is 88.6 Å². The van der Waals surface area contributed by atoms with Crippen molar-refractivity contribution in [2.24, 2.45) is 5.10 Å². The van der Waals surface area contributed by atoms with Gasteiger partial charge in [0.1, 0.15) is 5.69 Å². The van der Waals surface area contributed by atoms with Crippen LogP contribution in [0.3, 0.4) is 0 Å². The van der Waals surface area contributed by atoms with Crippen LogP contribution in [0, 0.1) is 0 Å². The number of para-hydroxylation sites is 1. The zero-order valence-electron chi connectivity index (χ0n) is 18.0. The Morgan fingerprint density at radius 1 is 1.00 bits per heavy atom. The lowest BCUT2D eigenvalue weighted by molar-refractivity contribution is 0.0955. The maximum absolute atomic E-state index is 12.4. The second kappa shape index (κ2) is 10.1. The number of hydrogen-bond acceptors (Lipinski definition) is 5. The summed E-state index contributed by atoms with van der Waals surface area (Å²) in [6, 6.07) is 22.4. The van der Waals surface area contributed by atoms with Gasteiger partial charge >= 0.3 is 0 Å². The van der Waals surface area contributed by atoms with E-state index in [0.29, 0.717) is 22.8 Å². The molecule has 0 unspecified atom stereocenters. The molecule has 0 aliphatic rings. The molecule has 33 heavy (non-hydrogen) atoms. The topological polar surface area (TPSA) is 77.7 Å². The van der Waals surface area contributed by atoms with Crippen molar-refractivity contribution in [2.45, 2.75) is 0 Å². The van der Waals surface area contributed by atoms with Crippen LogP contribution in [-0.4, -0.2) is 36.1 Å². The average molecular weight is 505 g/mol. The van der Waals surface area contributed by atoms with Crippen LogP contribution < -0.4 is 14.9 Å². The van der Waals surface area contributed by atoms with Crippen LogP contribution in [0.4, 0.5) is 0 Å². The molecule has 0 bridgehead atoms. The Morgan fingerprint density at radius 2 is 1.73 bits per heavy atom. The minimum Gasteiger partial charge on any atom is -0.493 e. The van der Waals surface area contributed by atoms with Crippen LogP contribution in [0.25, 0.3) is 16.9 Å². The van der Waals surface area contributed by atoms with Gasteiger partial charge in [0, 0.05) is 27.4 Å². The molecule has 0 saturated carbocycles. The van der Waals surface area contributed by atoms with Crippen molar-refractivity contribution in [3.63, 3.8) is 0 Å². The van der Waals surface area contributed by atoms with Crippen molar-refractivity contribution in [1.29, 1.82) is 0 Å². The number of carbonyl (C=O) groups is 1. The Morgan fingerprint density at radius 3 is 2.42 bits per heavy atom. The molecule has 4 aromatic rings. The zero-order valence-corrected chi connectivity index (χ0v) is 19.6. The molecule has 0 aliphatic heterocycles. The van der Waals surface area contributed by atoms with E-state index in [4.69, 9.17) is 14.6 Å². The normalized spacial score (nSPS) is 10.9. The van der Waals surface area contributed by atoms with Crippen molar-refractivity contribution >= 4 is 28.1 Å². The predicted molar refractivity (Wildman–Crippen MR) is 131 cm³/mol. The smallest absolute Gasteiger partial charge is 0.271 e. The maximum Gasteiger partial charge on any atom is 0.271 e. The average Bonchev–Trinajstić information content (AvgIpc) is 3.28. The van der Waals surface area contributed by atoms with Crippen molar-refractivity contribution in [2.75, 3.05) is 14.2 Å². The molecular formula is C25H21BrN4O3. The minimum atomic E-state index is -0.304. The van der Waals surface area contributed by atoms with Crippen molar-refractivity contribution in [3.05, 3.63) is 94.6 Å². The van der Waals surface area contributed by atoms with E-state index >= 15 is 0 Å². The maximum atomic E-state index is 12.4. The van der Waals surface area contributed by atoms with E-state index in [0.717, 1.165) is 21.3 Å². The second-order valence-corrected chi connectivity index (χ2v) is 7.90. The molecule has 0 aliphatic carbocycles. The molecule has 0 fully saturated rings. The van der Waals surface area contributed by atoms with E-state index in [2.05, 4.69) is 26.5 Å². The Labute approximate surface area is 199 Å². The predicted octanol–water partition coefficient (Wildman–Crippen LogP) is 5.08. The first-order valence-electron chi connectivity index (χ1n) is 10.1. The molecule has 1 N–H and O–H groups in total. The molecule has 0 atom stereocenters. The number of rotatable bonds is 7. The van der Waals surface area contributed by atoms with Crippen LogP contribution in [0.5, 0.6) is 11.5 Å². The monoisotopic (exact) mass is 504 g/mol. The number of hydrazone groups is 1. The Balaban J connectivity index is 1.67. The second-order valence-electron chi connectivity index (χ2n) is 6.99. The standard InChI is InChI=1S/C25H21BrN4O3/c1-32-22-13-10-18(14-23(22)33-2)24-19(16-30(29-24)21-6-4-3-5-7-21)15-27-28-25(31)17-8-11-20(26)12-9-17/h3-16H,1-2H3,(H,28,31). The Kier molecular flexibility index (Phi) is 6.85. The molecule has 1 amide bonds. The molecule has 3 aromatic carbocycles. The summed E-state index contributed by atoms with van der Waals surface area (Å²) in [5.41, 5.74) is 6.21. The SMILES string of the molecule is COc1ccc(-c2nn(-c3ccccc3)cc2C=NNC(=O)c2ccc(Br)cc2)cc1OC. The molecule has 4 rings (SSSR count). The van der Waals surface area contributed by atoms with Gasteiger partial charge in [-0.05, 0) is 54.6 Å². The molecule has 0 radical (unpaired) electrons. The van der Waals surface area contributed by atoms with Gasteiger partial charge in [0.05, 0.1) is 26.1 Å². The van der Waals surface area contributed by atoms with Gasteiger partial charge in [-0.3, -0.25) is 4.79 Å². The first kappa shape index (κ1) is 22.3. The molecule has 166 valence electrons. The fourth-order valence-corrected chi connectivity index (χ4v) is 3.49. The van der Waals surface area contributed by atoms with Gasteiger partial charge in [-0.1, -0.05) is 34.1 Å². The van der Waals surface area contributed by atoms with E-state index in [9.17, 15) is 4.79 Å². The summed E-state index contributed by atoms with van der Waals surface area (Å²) < 4.78 is 13.5. The van der Waals surface area contributed by atoms with Gasteiger partial charge < -0.3 is 9.47 Å². The summed E-state index contributed by atoms with van der Waals surface area (Å²) in [5.74, 6) is 0.915. The van der Waals surface area contributed by atoms with Crippen LogP contribution in [0.2, 0.25) is 0 Å². The third-order valence-electron chi connectivity index (χ3n) is 4.90. The van der Waals surface area contributed by atoms with Gasteiger partial charge in [0.15, 0.2) is 11.5 Å². The van der Waals surface area contributed by atoms with Crippen molar-refractivity contribution in [3.8, 4) is 28.4 Å². The van der Waals surface area contributed by atoms with Crippen molar-refractivity contribution < 1.29 is 14.3 Å². The van der Waals surface area contributed by atoms with Crippen LogP contribution >= 0.6 is 15.9 Å². The van der Waals surface area contributed by atoms with Gasteiger partial charge in [-0.25, -0.2) is 10.1 Å². The molecule has 1 heterocycles. The van der Waals surface area contributed by atoms with E-state index in [1.807, 2.05) is 54.7 Å². The summed E-state index contributed by atoms with van der Waals surface area (Å²) in [7, 11) is 3.18. The van der Waals surface area contributed by atoms with E-state index < -0.39 is 0 Å². The van der Waals surface area contributed by atoms with Crippen LogP contribution in [-0.2, 0) is 0 Å². The number of aromatic nitrogens is 2. The quantitative estimate of drug-likeness (QED) is 0.281. The summed E-state index contributed by atoms with van der Waals surface area (Å²) in [6.07, 6.45) is 3.44. The van der Waals surface area contributed by atoms with Crippen molar-refractivity contribution in [1.82, 2.24) is 15.2 Å². The number of nitrogens with one attached hydrogen (secondary N) is 1. The highest BCUT2D eigenvalue weighted by atomic mass is 79.9. The molecule has 8 heteroatoms. The summed E-state index contributed by atoms with van der Waals surface area (Å²) >= 11 is 3.36. The van der Waals surface area contributed by atoms with Crippen LogP contribution in [0.1, 0.15) is 15.9 Å². The molecule has 0 saturated heterocycles. The largest absolute Gasteiger partial charge is 0.493 e. The summed E-state index contributed by atoms with van der Waals surface area (Å²) in [6.45, 7) is 0. The first-order chi connectivity index (χ1) is 16.1.